The molecule has 0 bridgehead atoms. The van der Waals surface area contributed by atoms with E-state index in [0.29, 0.717) is 0 Å². The maximum absolute atomic E-state index is 12.7. The first-order valence-electron chi connectivity index (χ1n) is 9.98. The highest BCUT2D eigenvalue weighted by atomic mass is 16.5. The lowest BCUT2D eigenvalue weighted by Crippen LogP contribution is -2.35. The first-order chi connectivity index (χ1) is 14.6. The number of ether oxygens (including phenoxy) is 1. The minimum absolute atomic E-state index is 0.113. The Hall–Kier alpha value is -3.60. The number of amides is 2. The summed E-state index contributed by atoms with van der Waals surface area (Å²) in [7, 11) is 0. The minimum atomic E-state index is -0.559. The minimum Gasteiger partial charge on any atom is -0.445 e. The first kappa shape index (κ1) is 21.1. The monoisotopic (exact) mass is 402 g/mol. The topological polar surface area (TPSA) is 67.4 Å². The Morgan fingerprint density at radius 1 is 0.767 bits per heavy atom. The SMILES string of the molecule is C[C@H](NC(=O)C[C@@H](NC(=O)OCc1ccccc1)c1ccccc1)c1ccccc1. The highest BCUT2D eigenvalue weighted by Gasteiger charge is 2.20. The van der Waals surface area contributed by atoms with E-state index in [9.17, 15) is 9.59 Å². The van der Waals surface area contributed by atoms with Crippen LogP contribution >= 0.6 is 0 Å². The summed E-state index contributed by atoms with van der Waals surface area (Å²) in [5.41, 5.74) is 2.77. The zero-order valence-electron chi connectivity index (χ0n) is 17.0. The average molecular weight is 402 g/mol. The van der Waals surface area contributed by atoms with E-state index in [0.717, 1.165) is 16.7 Å². The van der Waals surface area contributed by atoms with Crippen molar-refractivity contribution in [1.82, 2.24) is 10.6 Å². The summed E-state index contributed by atoms with van der Waals surface area (Å²) >= 11 is 0. The van der Waals surface area contributed by atoms with Gasteiger partial charge in [-0.05, 0) is 23.6 Å². The molecule has 2 atom stereocenters. The van der Waals surface area contributed by atoms with Crippen LogP contribution in [0.4, 0.5) is 4.79 Å². The molecular weight excluding hydrogens is 376 g/mol. The number of benzene rings is 3. The summed E-state index contributed by atoms with van der Waals surface area (Å²) in [6.45, 7) is 2.11. The van der Waals surface area contributed by atoms with Crippen molar-refractivity contribution in [3.05, 3.63) is 108 Å². The molecular formula is C25H26N2O3. The fourth-order valence-corrected chi connectivity index (χ4v) is 3.16. The molecule has 0 saturated heterocycles. The van der Waals surface area contributed by atoms with Crippen molar-refractivity contribution in [2.75, 3.05) is 0 Å². The lowest BCUT2D eigenvalue weighted by atomic mass is 10.0. The van der Waals surface area contributed by atoms with Gasteiger partial charge in [0.25, 0.3) is 0 Å². The van der Waals surface area contributed by atoms with Crippen molar-refractivity contribution in [3.8, 4) is 0 Å². The van der Waals surface area contributed by atoms with Gasteiger partial charge in [-0.2, -0.15) is 0 Å². The van der Waals surface area contributed by atoms with E-state index < -0.39 is 12.1 Å². The molecule has 2 amide bonds. The summed E-state index contributed by atoms with van der Waals surface area (Å²) < 4.78 is 5.33. The zero-order chi connectivity index (χ0) is 21.2. The molecule has 0 saturated carbocycles. The molecule has 0 heterocycles. The van der Waals surface area contributed by atoms with Crippen molar-refractivity contribution in [3.63, 3.8) is 0 Å². The van der Waals surface area contributed by atoms with E-state index in [1.54, 1.807) is 0 Å². The van der Waals surface area contributed by atoms with Crippen LogP contribution < -0.4 is 10.6 Å². The Balaban J connectivity index is 1.61. The largest absolute Gasteiger partial charge is 0.445 e. The number of nitrogens with one attached hydrogen (secondary N) is 2. The molecule has 2 N–H and O–H groups in total. The summed E-state index contributed by atoms with van der Waals surface area (Å²) in [6.07, 6.45) is -0.446. The number of carbonyl (C=O) groups is 2. The third-order valence-electron chi connectivity index (χ3n) is 4.77. The van der Waals surface area contributed by atoms with E-state index in [2.05, 4.69) is 10.6 Å². The van der Waals surface area contributed by atoms with Crippen LogP contribution in [0.2, 0.25) is 0 Å². The summed E-state index contributed by atoms with van der Waals surface area (Å²) in [6, 6.07) is 28.0. The second-order valence-electron chi connectivity index (χ2n) is 7.07. The maximum Gasteiger partial charge on any atom is 0.407 e. The quantitative estimate of drug-likeness (QED) is 0.562. The first-order valence-corrected chi connectivity index (χ1v) is 9.98. The summed E-state index contributed by atoms with van der Waals surface area (Å²) in [5.74, 6) is -0.149. The Morgan fingerprint density at radius 3 is 1.90 bits per heavy atom. The van der Waals surface area contributed by atoms with Gasteiger partial charge in [0, 0.05) is 0 Å². The highest BCUT2D eigenvalue weighted by Crippen LogP contribution is 2.18. The van der Waals surface area contributed by atoms with Gasteiger partial charge in [-0.25, -0.2) is 4.79 Å². The Labute approximate surface area is 177 Å². The van der Waals surface area contributed by atoms with Gasteiger partial charge < -0.3 is 15.4 Å². The van der Waals surface area contributed by atoms with Crippen LogP contribution in [0.15, 0.2) is 91.0 Å². The van der Waals surface area contributed by atoms with E-state index in [1.807, 2.05) is 97.9 Å². The van der Waals surface area contributed by atoms with Crippen molar-refractivity contribution in [1.29, 1.82) is 0 Å². The predicted octanol–water partition coefficient (Wildman–Crippen LogP) is 4.92. The molecule has 154 valence electrons. The zero-order valence-corrected chi connectivity index (χ0v) is 17.0. The maximum atomic E-state index is 12.7. The van der Waals surface area contributed by atoms with Gasteiger partial charge in [-0.15, -0.1) is 0 Å². The van der Waals surface area contributed by atoms with E-state index >= 15 is 0 Å². The normalized spacial score (nSPS) is 12.4. The molecule has 0 aliphatic carbocycles. The third-order valence-corrected chi connectivity index (χ3v) is 4.77. The van der Waals surface area contributed by atoms with E-state index in [1.165, 1.54) is 0 Å². The van der Waals surface area contributed by atoms with E-state index in [4.69, 9.17) is 4.74 Å². The average Bonchev–Trinajstić information content (AvgIpc) is 2.79. The van der Waals surface area contributed by atoms with Crippen LogP contribution in [0.25, 0.3) is 0 Å². The fourth-order valence-electron chi connectivity index (χ4n) is 3.16. The van der Waals surface area contributed by atoms with Gasteiger partial charge in [0.2, 0.25) is 5.91 Å². The van der Waals surface area contributed by atoms with Gasteiger partial charge in [0.05, 0.1) is 18.5 Å². The summed E-state index contributed by atoms with van der Waals surface area (Å²) in [5, 5.41) is 5.82. The molecule has 0 aliphatic rings. The van der Waals surface area contributed by atoms with Crippen molar-refractivity contribution in [2.24, 2.45) is 0 Å². The Kier molecular flexibility index (Phi) is 7.61. The number of carbonyl (C=O) groups excluding carboxylic acids is 2. The molecule has 0 radical (unpaired) electrons. The molecule has 0 aliphatic heterocycles. The van der Waals surface area contributed by atoms with Crippen LogP contribution in [0.5, 0.6) is 0 Å². The molecule has 3 aromatic carbocycles. The number of hydrogen-bond donors (Lipinski definition) is 2. The Morgan fingerprint density at radius 2 is 1.30 bits per heavy atom. The Bertz CT molecular complexity index is 930. The van der Waals surface area contributed by atoms with Gasteiger partial charge in [0.15, 0.2) is 0 Å². The third kappa shape index (κ3) is 6.48. The van der Waals surface area contributed by atoms with Crippen molar-refractivity contribution < 1.29 is 14.3 Å². The second kappa shape index (κ2) is 10.8. The van der Waals surface area contributed by atoms with Gasteiger partial charge in [0.1, 0.15) is 6.61 Å². The van der Waals surface area contributed by atoms with Gasteiger partial charge >= 0.3 is 6.09 Å². The predicted molar refractivity (Wildman–Crippen MR) is 117 cm³/mol. The molecule has 3 rings (SSSR count). The number of alkyl carbamates (subject to hydrolysis) is 1. The molecule has 0 aromatic heterocycles. The molecule has 0 unspecified atom stereocenters. The van der Waals surface area contributed by atoms with Crippen molar-refractivity contribution >= 4 is 12.0 Å². The molecule has 5 nitrogen and oxygen atoms in total. The van der Waals surface area contributed by atoms with Gasteiger partial charge in [-0.1, -0.05) is 91.0 Å². The molecule has 0 spiro atoms. The fraction of sp³-hybridized carbons (Fsp3) is 0.200. The summed E-state index contributed by atoms with van der Waals surface area (Å²) in [4.78, 5) is 25.0. The van der Waals surface area contributed by atoms with Crippen LogP contribution in [0, 0.1) is 0 Å². The molecule has 0 fully saturated rings. The van der Waals surface area contributed by atoms with Crippen molar-refractivity contribution in [2.45, 2.75) is 32.0 Å². The lowest BCUT2D eigenvalue weighted by molar-refractivity contribution is -0.122. The smallest absolute Gasteiger partial charge is 0.407 e. The van der Waals surface area contributed by atoms with Crippen LogP contribution in [-0.4, -0.2) is 12.0 Å². The van der Waals surface area contributed by atoms with Gasteiger partial charge in [-0.3, -0.25) is 4.79 Å². The number of rotatable bonds is 8. The van der Waals surface area contributed by atoms with Crippen LogP contribution in [-0.2, 0) is 16.1 Å². The highest BCUT2D eigenvalue weighted by molar-refractivity contribution is 5.78. The van der Waals surface area contributed by atoms with Crippen LogP contribution in [0.3, 0.4) is 0 Å². The molecule has 3 aromatic rings. The van der Waals surface area contributed by atoms with E-state index in [-0.39, 0.29) is 25.0 Å². The second-order valence-corrected chi connectivity index (χ2v) is 7.07. The number of hydrogen-bond acceptors (Lipinski definition) is 3. The standard InChI is InChI=1S/C25H26N2O3/c1-19(21-13-7-3-8-14-21)26-24(28)17-23(22-15-9-4-10-16-22)27-25(29)30-18-20-11-5-2-6-12-20/h2-16,19,23H,17-18H2,1H3,(H,26,28)(H,27,29)/t19-,23+/m0/s1. The molecule has 30 heavy (non-hydrogen) atoms. The van der Waals surface area contributed by atoms with Crippen LogP contribution in [0.1, 0.15) is 42.1 Å². The lowest BCUT2D eigenvalue weighted by Gasteiger charge is -2.21. The molecule has 5 heteroatoms.